The number of aryl methyl sites for hydroxylation is 1. The van der Waals surface area contributed by atoms with Crippen LogP contribution in [0.3, 0.4) is 0 Å². The number of hydrogen-bond acceptors (Lipinski definition) is 3. The predicted molar refractivity (Wildman–Crippen MR) is 95.9 cm³/mol. The summed E-state index contributed by atoms with van der Waals surface area (Å²) in [5, 5.41) is 0. The molecular weight excluding hydrogens is 322 g/mol. The second-order valence-electron chi connectivity index (χ2n) is 5.98. The molecule has 2 aromatic carbocycles. The van der Waals surface area contributed by atoms with E-state index < -0.39 is 9.84 Å². The van der Waals surface area contributed by atoms with Crippen LogP contribution in [0.25, 0.3) is 0 Å². The maximum absolute atomic E-state index is 12.6. The average Bonchev–Trinajstić information content (AvgIpc) is 2.59. The molecule has 0 saturated carbocycles. The van der Waals surface area contributed by atoms with Gasteiger partial charge in [-0.3, -0.25) is 4.79 Å². The van der Waals surface area contributed by atoms with Gasteiger partial charge in [0.05, 0.1) is 10.9 Å². The minimum atomic E-state index is -3.21. The van der Waals surface area contributed by atoms with Crippen LogP contribution in [0.1, 0.15) is 41.4 Å². The van der Waals surface area contributed by atoms with Gasteiger partial charge in [0.25, 0.3) is 5.91 Å². The number of sulfone groups is 1. The normalized spacial score (nSPS) is 12.7. The molecule has 0 aliphatic carbocycles. The Hall–Kier alpha value is -2.14. The van der Waals surface area contributed by atoms with Gasteiger partial charge in [-0.05, 0) is 48.7 Å². The van der Waals surface area contributed by atoms with E-state index >= 15 is 0 Å². The highest BCUT2D eigenvalue weighted by molar-refractivity contribution is 7.90. The van der Waals surface area contributed by atoms with E-state index in [1.165, 1.54) is 11.8 Å². The summed E-state index contributed by atoms with van der Waals surface area (Å²) in [6.45, 7) is 4.00. The summed E-state index contributed by atoms with van der Waals surface area (Å²) >= 11 is 0. The molecular formula is C19H23NO3S. The van der Waals surface area contributed by atoms with Crippen molar-refractivity contribution in [2.24, 2.45) is 0 Å². The lowest BCUT2D eigenvalue weighted by molar-refractivity contribution is 0.0742. The number of rotatable bonds is 5. The summed E-state index contributed by atoms with van der Waals surface area (Å²) in [7, 11) is -1.46. The standard InChI is InChI=1S/C19H23NO3S/c1-5-15-6-8-17(9-7-15)19(21)20(3)14(2)16-10-12-18(13-11-16)24(4,22)23/h6-14H,5H2,1-4H3/t14-/m0/s1. The average molecular weight is 345 g/mol. The number of hydrogen-bond donors (Lipinski definition) is 0. The molecule has 0 saturated heterocycles. The Bertz CT molecular complexity index is 809. The van der Waals surface area contributed by atoms with E-state index in [0.29, 0.717) is 5.56 Å². The molecule has 2 aromatic rings. The van der Waals surface area contributed by atoms with Gasteiger partial charge in [-0.1, -0.05) is 31.2 Å². The molecule has 4 nitrogen and oxygen atoms in total. The van der Waals surface area contributed by atoms with Gasteiger partial charge in [-0.2, -0.15) is 0 Å². The molecule has 0 fully saturated rings. The van der Waals surface area contributed by atoms with E-state index in [0.717, 1.165) is 12.0 Å². The molecule has 0 heterocycles. The van der Waals surface area contributed by atoms with Gasteiger partial charge < -0.3 is 4.90 Å². The molecule has 0 aliphatic heterocycles. The van der Waals surface area contributed by atoms with Crippen molar-refractivity contribution in [1.82, 2.24) is 4.90 Å². The summed E-state index contributed by atoms with van der Waals surface area (Å²) in [4.78, 5) is 14.6. The first-order valence-corrected chi connectivity index (χ1v) is 9.79. The van der Waals surface area contributed by atoms with E-state index in [2.05, 4.69) is 6.92 Å². The molecule has 24 heavy (non-hydrogen) atoms. The Kier molecular flexibility index (Phi) is 5.44. The number of nitrogens with zero attached hydrogens (tertiary/aromatic N) is 1. The highest BCUT2D eigenvalue weighted by Gasteiger charge is 2.19. The SMILES string of the molecule is CCc1ccc(C(=O)N(C)[C@@H](C)c2ccc(S(C)(=O)=O)cc2)cc1. The van der Waals surface area contributed by atoms with Crippen LogP contribution in [-0.2, 0) is 16.3 Å². The summed E-state index contributed by atoms with van der Waals surface area (Å²) in [5.74, 6) is -0.0580. The van der Waals surface area contributed by atoms with Crippen molar-refractivity contribution in [2.75, 3.05) is 13.3 Å². The van der Waals surface area contributed by atoms with Crippen LogP contribution in [0.4, 0.5) is 0 Å². The van der Waals surface area contributed by atoms with Gasteiger partial charge in [-0.25, -0.2) is 8.42 Å². The third kappa shape index (κ3) is 4.03. The Morgan fingerprint density at radius 3 is 2.04 bits per heavy atom. The predicted octanol–water partition coefficient (Wildman–Crippen LogP) is 3.49. The van der Waals surface area contributed by atoms with Gasteiger partial charge in [0.1, 0.15) is 0 Å². The quantitative estimate of drug-likeness (QED) is 0.833. The van der Waals surface area contributed by atoms with Gasteiger partial charge in [0, 0.05) is 18.9 Å². The molecule has 0 N–H and O–H groups in total. The minimum absolute atomic E-state index is 0.0580. The third-order valence-electron chi connectivity index (χ3n) is 4.30. The summed E-state index contributed by atoms with van der Waals surface area (Å²) in [5.41, 5.74) is 2.73. The van der Waals surface area contributed by atoms with E-state index in [-0.39, 0.29) is 16.8 Å². The van der Waals surface area contributed by atoms with Crippen LogP contribution in [0.2, 0.25) is 0 Å². The highest BCUT2D eigenvalue weighted by atomic mass is 32.2. The first kappa shape index (κ1) is 18.2. The molecule has 0 spiro atoms. The summed E-state index contributed by atoms with van der Waals surface area (Å²) in [6.07, 6.45) is 2.12. The monoisotopic (exact) mass is 345 g/mol. The number of benzene rings is 2. The Morgan fingerprint density at radius 1 is 1.04 bits per heavy atom. The fourth-order valence-electron chi connectivity index (χ4n) is 2.48. The molecule has 0 bridgehead atoms. The Morgan fingerprint density at radius 2 is 1.58 bits per heavy atom. The number of carbonyl (C=O) groups excluding carboxylic acids is 1. The Balaban J connectivity index is 2.18. The molecule has 0 aromatic heterocycles. The molecule has 128 valence electrons. The highest BCUT2D eigenvalue weighted by Crippen LogP contribution is 2.22. The topological polar surface area (TPSA) is 54.5 Å². The molecule has 2 rings (SSSR count). The summed E-state index contributed by atoms with van der Waals surface area (Å²) < 4.78 is 23.1. The van der Waals surface area contributed by atoms with Gasteiger partial charge in [0.2, 0.25) is 0 Å². The first-order chi connectivity index (χ1) is 11.2. The lowest BCUT2D eigenvalue weighted by Crippen LogP contribution is -2.29. The largest absolute Gasteiger partial charge is 0.335 e. The second kappa shape index (κ2) is 7.18. The van der Waals surface area contributed by atoms with Crippen LogP contribution in [-0.4, -0.2) is 32.5 Å². The molecule has 1 atom stereocenters. The Labute approximate surface area is 144 Å². The van der Waals surface area contributed by atoms with Crippen molar-refractivity contribution in [3.8, 4) is 0 Å². The molecule has 0 radical (unpaired) electrons. The van der Waals surface area contributed by atoms with Crippen molar-refractivity contribution in [3.63, 3.8) is 0 Å². The zero-order valence-corrected chi connectivity index (χ0v) is 15.3. The first-order valence-electron chi connectivity index (χ1n) is 7.90. The van der Waals surface area contributed by atoms with E-state index in [1.54, 1.807) is 36.2 Å². The molecule has 5 heteroatoms. The molecule has 0 aliphatic rings. The van der Waals surface area contributed by atoms with Crippen LogP contribution in [0.5, 0.6) is 0 Å². The van der Waals surface area contributed by atoms with Crippen molar-refractivity contribution >= 4 is 15.7 Å². The van der Waals surface area contributed by atoms with Crippen LogP contribution in [0, 0.1) is 0 Å². The maximum atomic E-state index is 12.6. The van der Waals surface area contributed by atoms with Gasteiger partial charge >= 0.3 is 0 Å². The number of amides is 1. The van der Waals surface area contributed by atoms with Crippen molar-refractivity contribution in [1.29, 1.82) is 0 Å². The van der Waals surface area contributed by atoms with Crippen LogP contribution < -0.4 is 0 Å². The van der Waals surface area contributed by atoms with Gasteiger partial charge in [-0.15, -0.1) is 0 Å². The minimum Gasteiger partial charge on any atom is -0.335 e. The van der Waals surface area contributed by atoms with Crippen LogP contribution in [0.15, 0.2) is 53.4 Å². The fourth-order valence-corrected chi connectivity index (χ4v) is 3.11. The second-order valence-corrected chi connectivity index (χ2v) is 8.00. The lowest BCUT2D eigenvalue weighted by atomic mass is 10.1. The molecule has 0 unspecified atom stereocenters. The summed E-state index contributed by atoms with van der Waals surface area (Å²) in [6, 6.07) is 14.1. The third-order valence-corrected chi connectivity index (χ3v) is 5.43. The van der Waals surface area contributed by atoms with Crippen molar-refractivity contribution in [3.05, 3.63) is 65.2 Å². The fraction of sp³-hybridized carbons (Fsp3) is 0.316. The van der Waals surface area contributed by atoms with Crippen molar-refractivity contribution in [2.45, 2.75) is 31.2 Å². The van der Waals surface area contributed by atoms with Crippen molar-refractivity contribution < 1.29 is 13.2 Å². The lowest BCUT2D eigenvalue weighted by Gasteiger charge is -2.25. The zero-order valence-electron chi connectivity index (χ0n) is 14.5. The zero-order chi connectivity index (χ0) is 17.9. The van der Waals surface area contributed by atoms with Crippen LogP contribution >= 0.6 is 0 Å². The van der Waals surface area contributed by atoms with Gasteiger partial charge in [0.15, 0.2) is 9.84 Å². The molecule has 1 amide bonds. The van der Waals surface area contributed by atoms with E-state index in [4.69, 9.17) is 0 Å². The van der Waals surface area contributed by atoms with E-state index in [1.807, 2.05) is 31.2 Å². The smallest absolute Gasteiger partial charge is 0.254 e. The van der Waals surface area contributed by atoms with E-state index in [9.17, 15) is 13.2 Å². The number of carbonyl (C=O) groups is 1. The maximum Gasteiger partial charge on any atom is 0.254 e.